The molecule has 0 aromatic heterocycles. The first kappa shape index (κ1) is 27.1. The van der Waals surface area contributed by atoms with Crippen LogP contribution in [-0.4, -0.2) is 54.9 Å². The molecule has 0 aliphatic carbocycles. The molecular weight excluding hydrogens is 343 g/mol. The Kier molecular flexibility index (Phi) is 32.6. The van der Waals surface area contributed by atoms with Gasteiger partial charge in [0.25, 0.3) is 0 Å². The molecule has 0 saturated heterocycles. The predicted octanol–water partition coefficient (Wildman–Crippen LogP) is -4.94. The molecule has 0 saturated carbocycles. The van der Waals surface area contributed by atoms with Crippen LogP contribution in [0, 0.1) is 0 Å². The number of aliphatic carboxylic acids is 3. The van der Waals surface area contributed by atoms with Gasteiger partial charge >= 0.3 is 17.4 Å². The van der Waals surface area contributed by atoms with Crippen LogP contribution in [0.15, 0.2) is 0 Å². The summed E-state index contributed by atoms with van der Waals surface area (Å²) in [6, 6.07) is 0. The summed E-state index contributed by atoms with van der Waals surface area (Å²) >= 11 is 14.2. The number of carboxylic acids is 3. The number of hydrogen-bond acceptors (Lipinski definition) is 9. The maximum absolute atomic E-state index is 9.34. The smallest absolute Gasteiger partial charge is 0.549 e. The molecular formula is C6H9AlCl3N3O6. The molecule has 0 unspecified atom stereocenters. The number of hydrogen-bond donors (Lipinski definition) is 3. The second-order valence-corrected chi connectivity index (χ2v) is 2.85. The van der Waals surface area contributed by atoms with Crippen LogP contribution < -0.4 is 29.8 Å². The number of halogens is 3. The van der Waals surface area contributed by atoms with Gasteiger partial charge in [0.05, 0.1) is 37.5 Å². The van der Waals surface area contributed by atoms with Crippen LogP contribution in [0.5, 0.6) is 0 Å². The minimum absolute atomic E-state index is 0. The van der Waals surface area contributed by atoms with Crippen molar-refractivity contribution in [2.75, 3.05) is 19.6 Å². The monoisotopic (exact) mass is 351 g/mol. The Hall–Kier alpha value is -0.308. The zero-order valence-corrected chi connectivity index (χ0v) is 12.7. The number of nitrogens with one attached hydrogen (secondary N) is 3. The summed E-state index contributed by atoms with van der Waals surface area (Å²) < 4.78 is 0. The first-order valence-corrected chi connectivity index (χ1v) is 5.05. The number of carbonyl (C=O) groups is 3. The maximum Gasteiger partial charge on any atom is 3.00 e. The van der Waals surface area contributed by atoms with Crippen LogP contribution in [0.3, 0.4) is 0 Å². The van der Waals surface area contributed by atoms with Crippen molar-refractivity contribution < 1.29 is 29.7 Å². The molecule has 3 N–H and O–H groups in total. The molecule has 0 heterocycles. The van der Waals surface area contributed by atoms with E-state index in [1.165, 1.54) is 0 Å². The van der Waals surface area contributed by atoms with Gasteiger partial charge in [-0.1, -0.05) is 0 Å². The Morgan fingerprint density at radius 2 is 0.842 bits per heavy atom. The molecule has 0 amide bonds. The van der Waals surface area contributed by atoms with Crippen molar-refractivity contribution in [3.8, 4) is 0 Å². The van der Waals surface area contributed by atoms with E-state index in [1.807, 2.05) is 14.5 Å². The van der Waals surface area contributed by atoms with E-state index in [-0.39, 0.29) is 37.0 Å². The second-order valence-electron chi connectivity index (χ2n) is 2.05. The Morgan fingerprint density at radius 1 is 0.684 bits per heavy atom. The quantitative estimate of drug-likeness (QED) is 0.315. The fourth-order valence-corrected chi connectivity index (χ4v) is 0.491. The van der Waals surface area contributed by atoms with Crippen molar-refractivity contribution in [3.05, 3.63) is 0 Å². The van der Waals surface area contributed by atoms with E-state index in [4.69, 9.17) is 35.3 Å². The zero-order chi connectivity index (χ0) is 15.0. The van der Waals surface area contributed by atoms with Gasteiger partial charge in [-0.3, -0.25) is 0 Å². The van der Waals surface area contributed by atoms with Crippen LogP contribution in [0.25, 0.3) is 0 Å². The van der Waals surface area contributed by atoms with Crippen molar-refractivity contribution >= 4 is 70.6 Å². The average molecular weight is 352 g/mol. The third kappa shape index (κ3) is 57.7. The van der Waals surface area contributed by atoms with E-state index in [0.717, 1.165) is 0 Å². The normalized spacial score (nSPS) is 7.74. The first-order valence-electron chi connectivity index (χ1n) is 3.91. The molecule has 0 bridgehead atoms. The molecule has 0 aromatic rings. The Balaban J connectivity index is -0.0000000865. The summed E-state index contributed by atoms with van der Waals surface area (Å²) in [5.41, 5.74) is 0. The predicted molar refractivity (Wildman–Crippen MR) is 62.3 cm³/mol. The molecule has 0 aliphatic rings. The molecule has 0 atom stereocenters. The van der Waals surface area contributed by atoms with Gasteiger partial charge in [-0.2, -0.15) is 0 Å². The minimum atomic E-state index is -1.20. The van der Waals surface area contributed by atoms with E-state index in [1.54, 1.807) is 0 Å². The molecule has 0 fully saturated rings. The molecule has 13 heteroatoms. The second kappa shape index (κ2) is 22.8. The molecule has 0 aliphatic heterocycles. The summed E-state index contributed by atoms with van der Waals surface area (Å²) in [4.78, 5) is 33.7. The van der Waals surface area contributed by atoms with E-state index >= 15 is 0 Å². The van der Waals surface area contributed by atoms with Gasteiger partial charge < -0.3 is 29.7 Å². The largest absolute Gasteiger partial charge is 3.00 e. The average Bonchev–Trinajstić information content (AvgIpc) is 2.18. The van der Waals surface area contributed by atoms with Crippen molar-refractivity contribution in [3.63, 3.8) is 0 Å². The Bertz CT molecular complexity index is 210. The summed E-state index contributed by atoms with van der Waals surface area (Å²) in [6.45, 7) is -0.912. The SMILES string of the molecule is O=C([O-])CNCl.O=C([O-])CNCl.O=C([O-])CNCl.[Al+3]. The van der Waals surface area contributed by atoms with Gasteiger partial charge in [0.15, 0.2) is 0 Å². The van der Waals surface area contributed by atoms with Crippen LogP contribution in [0.1, 0.15) is 0 Å². The number of rotatable bonds is 6. The van der Waals surface area contributed by atoms with Crippen molar-refractivity contribution in [1.82, 2.24) is 14.5 Å². The fraction of sp³-hybridized carbons (Fsp3) is 0.500. The molecule has 0 rings (SSSR count). The van der Waals surface area contributed by atoms with Crippen LogP contribution >= 0.6 is 35.3 Å². The van der Waals surface area contributed by atoms with Gasteiger partial charge in [0, 0.05) is 0 Å². The van der Waals surface area contributed by atoms with Crippen LogP contribution in [0.4, 0.5) is 0 Å². The fourth-order valence-electron chi connectivity index (χ4n) is 0.164. The zero-order valence-electron chi connectivity index (χ0n) is 9.28. The molecule has 0 aromatic carbocycles. The van der Waals surface area contributed by atoms with Gasteiger partial charge in [-0.25, -0.2) is 14.5 Å². The summed E-state index contributed by atoms with van der Waals surface area (Å²) in [5, 5.41) is 28.0. The van der Waals surface area contributed by atoms with E-state index in [9.17, 15) is 29.7 Å². The van der Waals surface area contributed by atoms with Crippen molar-refractivity contribution in [2.45, 2.75) is 0 Å². The molecule has 108 valence electrons. The minimum Gasteiger partial charge on any atom is -0.549 e. The van der Waals surface area contributed by atoms with Gasteiger partial charge in [0.1, 0.15) is 0 Å². The Morgan fingerprint density at radius 3 is 0.842 bits per heavy atom. The van der Waals surface area contributed by atoms with Crippen LogP contribution in [0.2, 0.25) is 0 Å². The van der Waals surface area contributed by atoms with Crippen molar-refractivity contribution in [1.29, 1.82) is 0 Å². The number of carboxylic acid groups (broad SMARTS) is 3. The summed E-state index contributed by atoms with van der Waals surface area (Å²) in [6.07, 6.45) is 0. The molecule has 9 nitrogen and oxygen atoms in total. The third-order valence-corrected chi connectivity index (χ3v) is 1.03. The Labute approximate surface area is 134 Å². The van der Waals surface area contributed by atoms with Gasteiger partial charge in [-0.05, 0) is 35.3 Å². The van der Waals surface area contributed by atoms with E-state index < -0.39 is 17.9 Å². The molecule has 19 heavy (non-hydrogen) atoms. The summed E-state index contributed by atoms with van der Waals surface area (Å²) in [7, 11) is 0. The van der Waals surface area contributed by atoms with Crippen molar-refractivity contribution in [2.24, 2.45) is 0 Å². The topological polar surface area (TPSA) is 156 Å². The standard InChI is InChI=1S/3C2H4ClNO2.Al/c3*3-4-1-2(5)6;/h3*4H,1H2,(H,5,6);/q;;;+3/p-3. The molecule has 0 spiro atoms. The summed E-state index contributed by atoms with van der Waals surface area (Å²) in [5.74, 6) is -3.61. The van der Waals surface area contributed by atoms with E-state index in [2.05, 4.69) is 0 Å². The first-order chi connectivity index (χ1) is 8.31. The van der Waals surface area contributed by atoms with Gasteiger partial charge in [0.2, 0.25) is 0 Å². The maximum atomic E-state index is 9.34. The molecule has 0 radical (unpaired) electrons. The third-order valence-electron chi connectivity index (χ3n) is 0.633. The van der Waals surface area contributed by atoms with E-state index in [0.29, 0.717) is 0 Å². The number of carbonyl (C=O) groups excluding carboxylic acids is 3. The van der Waals surface area contributed by atoms with Crippen LogP contribution in [-0.2, 0) is 14.4 Å². The van der Waals surface area contributed by atoms with Gasteiger partial charge in [-0.15, -0.1) is 0 Å².